The van der Waals surface area contributed by atoms with Crippen molar-refractivity contribution in [2.75, 3.05) is 12.0 Å². The van der Waals surface area contributed by atoms with Crippen molar-refractivity contribution >= 4 is 38.8 Å². The number of sulfonamides is 1. The van der Waals surface area contributed by atoms with Crippen LogP contribution in [0.4, 0.5) is 0 Å². The second kappa shape index (κ2) is 9.71. The molecule has 0 aliphatic heterocycles. The van der Waals surface area contributed by atoms with Crippen LogP contribution in [0.1, 0.15) is 17.5 Å². The molecule has 0 bridgehead atoms. The topological polar surface area (TPSA) is 110 Å². The molecule has 0 unspecified atom stereocenters. The summed E-state index contributed by atoms with van der Waals surface area (Å²) in [5.41, 5.74) is 2.69. The van der Waals surface area contributed by atoms with Gasteiger partial charge in [0.1, 0.15) is 6.04 Å². The second-order valence-electron chi connectivity index (χ2n) is 7.22. The Morgan fingerprint density at radius 3 is 2.58 bits per heavy atom. The first-order valence-corrected chi connectivity index (χ1v) is 12.5. The fourth-order valence-corrected chi connectivity index (χ4v) is 4.75. The molecule has 1 atom stereocenters. The molecule has 1 amide bonds. The van der Waals surface area contributed by atoms with Gasteiger partial charge in [-0.3, -0.25) is 9.36 Å². The number of nitrogens with zero attached hydrogens (tertiary/aromatic N) is 1. The number of amides is 1. The number of fused-ring (bicyclic) bond motifs is 1. The van der Waals surface area contributed by atoms with Crippen LogP contribution in [-0.2, 0) is 28.4 Å². The van der Waals surface area contributed by atoms with E-state index in [0.717, 1.165) is 11.1 Å². The average molecular weight is 464 g/mol. The van der Waals surface area contributed by atoms with E-state index in [1.54, 1.807) is 0 Å². The Kier molecular flexibility index (Phi) is 7.24. The van der Waals surface area contributed by atoms with Gasteiger partial charge in [0.15, 0.2) is 5.58 Å². The highest BCUT2D eigenvalue weighted by atomic mass is 32.2. The van der Waals surface area contributed by atoms with Gasteiger partial charge in [-0.15, -0.1) is 0 Å². The summed E-state index contributed by atoms with van der Waals surface area (Å²) in [5.74, 6) is -0.367. The van der Waals surface area contributed by atoms with Crippen LogP contribution in [0.15, 0.2) is 56.6 Å². The van der Waals surface area contributed by atoms with Gasteiger partial charge >= 0.3 is 5.76 Å². The SMILES string of the molecule is CSCC[C@H](NS(=O)(=O)c1ccc2c(c1)oc(=O)n2C)C(=O)NCc1ccc(C)cc1. The molecule has 3 aromatic rings. The van der Waals surface area contributed by atoms with Gasteiger partial charge in [0.25, 0.3) is 0 Å². The van der Waals surface area contributed by atoms with Crippen molar-refractivity contribution in [1.82, 2.24) is 14.6 Å². The number of hydrogen-bond acceptors (Lipinski definition) is 6. The maximum atomic E-state index is 12.9. The molecular formula is C21H25N3O5S2. The zero-order chi connectivity index (χ0) is 22.6. The van der Waals surface area contributed by atoms with E-state index in [1.807, 2.05) is 37.4 Å². The highest BCUT2D eigenvalue weighted by Gasteiger charge is 2.26. The lowest BCUT2D eigenvalue weighted by Gasteiger charge is -2.18. The zero-order valence-corrected chi connectivity index (χ0v) is 19.2. The minimum Gasteiger partial charge on any atom is -0.408 e. The number of nitrogens with one attached hydrogen (secondary N) is 2. The molecule has 8 nitrogen and oxygen atoms in total. The lowest BCUT2D eigenvalue weighted by Crippen LogP contribution is -2.46. The van der Waals surface area contributed by atoms with Crippen LogP contribution in [0.2, 0.25) is 0 Å². The Morgan fingerprint density at radius 1 is 1.19 bits per heavy atom. The highest BCUT2D eigenvalue weighted by Crippen LogP contribution is 2.18. The monoisotopic (exact) mass is 463 g/mol. The molecule has 2 N–H and O–H groups in total. The molecule has 0 saturated heterocycles. The molecule has 0 aliphatic carbocycles. The van der Waals surface area contributed by atoms with Crippen molar-refractivity contribution in [2.45, 2.75) is 30.8 Å². The summed E-state index contributed by atoms with van der Waals surface area (Å²) in [4.78, 5) is 24.3. The Hall–Kier alpha value is -2.56. The van der Waals surface area contributed by atoms with Crippen molar-refractivity contribution in [1.29, 1.82) is 0 Å². The van der Waals surface area contributed by atoms with Crippen molar-refractivity contribution in [3.05, 3.63) is 64.1 Å². The summed E-state index contributed by atoms with van der Waals surface area (Å²) in [6, 6.07) is 11.0. The van der Waals surface area contributed by atoms with Crippen molar-refractivity contribution in [3.63, 3.8) is 0 Å². The summed E-state index contributed by atoms with van der Waals surface area (Å²) in [6.07, 6.45) is 2.23. The van der Waals surface area contributed by atoms with E-state index in [0.29, 0.717) is 24.2 Å². The summed E-state index contributed by atoms with van der Waals surface area (Å²) in [5, 5.41) is 2.80. The minimum atomic E-state index is -4.01. The van der Waals surface area contributed by atoms with Crippen LogP contribution in [0.3, 0.4) is 0 Å². The molecule has 0 spiro atoms. The predicted molar refractivity (Wildman–Crippen MR) is 122 cm³/mol. The standard InChI is InChI=1S/C21H25N3O5S2/c1-14-4-6-15(7-5-14)13-22-20(25)17(10-11-30-3)23-31(27,28)16-8-9-18-19(12-16)29-21(26)24(18)2/h4-9,12,17,23H,10-11,13H2,1-3H3,(H,22,25)/t17-/m0/s1. The van der Waals surface area contributed by atoms with Crippen LogP contribution in [0, 0.1) is 6.92 Å². The van der Waals surface area contributed by atoms with E-state index in [-0.39, 0.29) is 10.5 Å². The van der Waals surface area contributed by atoms with Crippen LogP contribution in [0.5, 0.6) is 0 Å². The molecule has 31 heavy (non-hydrogen) atoms. The maximum Gasteiger partial charge on any atom is 0.419 e. The fourth-order valence-electron chi connectivity index (χ4n) is 3.03. The number of oxazole rings is 1. The molecule has 1 heterocycles. The van der Waals surface area contributed by atoms with Gasteiger partial charge in [0, 0.05) is 19.7 Å². The number of hydrogen-bond donors (Lipinski definition) is 2. The molecule has 10 heteroatoms. The zero-order valence-electron chi connectivity index (χ0n) is 17.5. The first-order valence-electron chi connectivity index (χ1n) is 9.65. The molecular weight excluding hydrogens is 438 g/mol. The number of thioether (sulfide) groups is 1. The van der Waals surface area contributed by atoms with Crippen LogP contribution in [-0.4, -0.2) is 36.9 Å². The normalized spacial score (nSPS) is 12.7. The van der Waals surface area contributed by atoms with Crippen LogP contribution < -0.4 is 15.8 Å². The van der Waals surface area contributed by atoms with Crippen LogP contribution in [0.25, 0.3) is 11.1 Å². The molecule has 2 aromatic carbocycles. The van der Waals surface area contributed by atoms with Gasteiger partial charge in [-0.2, -0.15) is 16.5 Å². The first kappa shape index (κ1) is 23.1. The molecule has 1 aromatic heterocycles. The van der Waals surface area contributed by atoms with E-state index in [9.17, 15) is 18.0 Å². The lowest BCUT2D eigenvalue weighted by molar-refractivity contribution is -0.122. The predicted octanol–water partition coefficient (Wildman–Crippen LogP) is 2.16. The molecule has 166 valence electrons. The van der Waals surface area contributed by atoms with Crippen molar-refractivity contribution < 1.29 is 17.6 Å². The van der Waals surface area contributed by atoms with E-state index in [2.05, 4.69) is 10.0 Å². The third kappa shape index (κ3) is 5.57. The number of carbonyl (C=O) groups is 1. The van der Waals surface area contributed by atoms with Gasteiger partial charge in [0.05, 0.1) is 10.4 Å². The quantitative estimate of drug-likeness (QED) is 0.503. The fraction of sp³-hybridized carbons (Fsp3) is 0.333. The van der Waals surface area contributed by atoms with E-state index >= 15 is 0 Å². The molecule has 0 aliphatic rings. The largest absolute Gasteiger partial charge is 0.419 e. The Morgan fingerprint density at radius 2 is 1.90 bits per heavy atom. The minimum absolute atomic E-state index is 0.0742. The highest BCUT2D eigenvalue weighted by molar-refractivity contribution is 7.98. The molecule has 3 rings (SSSR count). The summed E-state index contributed by atoms with van der Waals surface area (Å²) >= 11 is 1.52. The maximum absolute atomic E-state index is 12.9. The third-order valence-corrected chi connectivity index (χ3v) is 7.00. The number of rotatable bonds is 9. The average Bonchev–Trinajstić information content (AvgIpc) is 3.03. The second-order valence-corrected chi connectivity index (χ2v) is 9.91. The molecule has 0 fully saturated rings. The first-order chi connectivity index (χ1) is 14.7. The van der Waals surface area contributed by atoms with Gasteiger partial charge in [-0.05, 0) is 43.0 Å². The van der Waals surface area contributed by atoms with Gasteiger partial charge in [-0.1, -0.05) is 29.8 Å². The van der Waals surface area contributed by atoms with E-state index in [1.165, 1.54) is 41.6 Å². The van der Waals surface area contributed by atoms with Gasteiger partial charge in [0.2, 0.25) is 15.9 Å². The number of aromatic nitrogens is 1. The van der Waals surface area contributed by atoms with E-state index in [4.69, 9.17) is 4.42 Å². The lowest BCUT2D eigenvalue weighted by atomic mass is 10.1. The summed E-state index contributed by atoms with van der Waals surface area (Å²) in [7, 11) is -2.47. The van der Waals surface area contributed by atoms with Crippen LogP contribution >= 0.6 is 11.8 Å². The summed E-state index contributed by atoms with van der Waals surface area (Å²) < 4.78 is 34.7. The Bertz CT molecular complexity index is 1230. The Balaban J connectivity index is 1.77. The van der Waals surface area contributed by atoms with Crippen molar-refractivity contribution in [2.24, 2.45) is 7.05 Å². The summed E-state index contributed by atoms with van der Waals surface area (Å²) in [6.45, 7) is 2.28. The third-order valence-electron chi connectivity index (χ3n) is 4.89. The smallest absolute Gasteiger partial charge is 0.408 e. The molecule has 0 saturated carbocycles. The van der Waals surface area contributed by atoms with E-state index < -0.39 is 27.7 Å². The number of aryl methyl sites for hydroxylation is 2. The van der Waals surface area contributed by atoms with Gasteiger partial charge < -0.3 is 9.73 Å². The Labute approximate surface area is 185 Å². The number of carbonyl (C=O) groups excluding carboxylic acids is 1. The number of benzene rings is 2. The van der Waals surface area contributed by atoms with Crippen molar-refractivity contribution in [3.8, 4) is 0 Å². The van der Waals surface area contributed by atoms with Gasteiger partial charge in [-0.25, -0.2) is 13.2 Å². The molecule has 0 radical (unpaired) electrons.